The molecule has 0 aliphatic carbocycles. The summed E-state index contributed by atoms with van der Waals surface area (Å²) in [7, 11) is 3.34. The van der Waals surface area contributed by atoms with Gasteiger partial charge < -0.3 is 14.4 Å². The first-order valence-electron chi connectivity index (χ1n) is 8.12. The Morgan fingerprint density at radius 2 is 1.68 bits per heavy atom. The lowest BCUT2D eigenvalue weighted by Gasteiger charge is -2.22. The Hall–Kier alpha value is -1.91. The molecule has 0 atom stereocenters. The normalized spacial score (nSPS) is 14.3. The predicted molar refractivity (Wildman–Crippen MR) is 105 cm³/mol. The number of methoxy groups -OCH3 is 2. The molecule has 132 valence electrons. The molecule has 1 aliphatic heterocycles. The van der Waals surface area contributed by atoms with Crippen LogP contribution in [-0.4, -0.2) is 33.5 Å². The second kappa shape index (κ2) is 7.98. The molecule has 0 radical (unpaired) electrons. The summed E-state index contributed by atoms with van der Waals surface area (Å²) < 4.78 is 11.1. The first-order valence-corrected chi connectivity index (χ1v) is 8.88. The van der Waals surface area contributed by atoms with Crippen LogP contribution in [0.1, 0.15) is 18.4 Å². The van der Waals surface area contributed by atoms with Crippen molar-refractivity contribution in [2.24, 2.45) is 4.99 Å². The van der Waals surface area contributed by atoms with Crippen LogP contribution in [0.2, 0.25) is 10.0 Å². The number of nitrogens with zero attached hydrogens (tertiary/aromatic N) is 2. The molecule has 0 N–H and O–H groups in total. The van der Waals surface area contributed by atoms with Crippen LogP contribution in [0.4, 0.5) is 11.4 Å². The lowest BCUT2D eigenvalue weighted by atomic mass is 10.1. The summed E-state index contributed by atoms with van der Waals surface area (Å²) in [6, 6.07) is 9.23. The number of hydrogen-bond donors (Lipinski definition) is 0. The van der Waals surface area contributed by atoms with Gasteiger partial charge in [0.25, 0.3) is 0 Å². The zero-order valence-corrected chi connectivity index (χ0v) is 15.8. The van der Waals surface area contributed by atoms with Gasteiger partial charge >= 0.3 is 0 Å². The number of ether oxygens (including phenoxy) is 2. The summed E-state index contributed by atoms with van der Waals surface area (Å²) in [6.45, 7) is 2.08. The monoisotopic (exact) mass is 378 g/mol. The maximum absolute atomic E-state index is 6.04. The zero-order chi connectivity index (χ0) is 17.8. The zero-order valence-electron chi connectivity index (χ0n) is 14.3. The van der Waals surface area contributed by atoms with E-state index < -0.39 is 0 Å². The van der Waals surface area contributed by atoms with E-state index in [1.807, 2.05) is 18.2 Å². The number of halogens is 2. The molecule has 4 nitrogen and oxygen atoms in total. The third kappa shape index (κ3) is 4.02. The van der Waals surface area contributed by atoms with Gasteiger partial charge in [-0.1, -0.05) is 23.2 Å². The number of anilines is 1. The number of rotatable bonds is 5. The van der Waals surface area contributed by atoms with Gasteiger partial charge in [0.15, 0.2) is 0 Å². The highest BCUT2D eigenvalue weighted by Crippen LogP contribution is 2.37. The van der Waals surface area contributed by atoms with Crippen LogP contribution in [0.3, 0.4) is 0 Å². The van der Waals surface area contributed by atoms with E-state index in [-0.39, 0.29) is 0 Å². The molecule has 1 aliphatic rings. The van der Waals surface area contributed by atoms with E-state index in [1.165, 1.54) is 12.8 Å². The summed E-state index contributed by atoms with van der Waals surface area (Å²) in [4.78, 5) is 6.79. The van der Waals surface area contributed by atoms with E-state index in [9.17, 15) is 0 Å². The minimum absolute atomic E-state index is 0.477. The minimum Gasteiger partial charge on any atom is -0.496 e. The summed E-state index contributed by atoms with van der Waals surface area (Å²) in [6.07, 6.45) is 4.15. The Morgan fingerprint density at radius 1 is 0.960 bits per heavy atom. The average molecular weight is 379 g/mol. The fourth-order valence-electron chi connectivity index (χ4n) is 2.92. The summed E-state index contributed by atoms with van der Waals surface area (Å²) in [5, 5.41) is 0.986. The van der Waals surface area contributed by atoms with Gasteiger partial charge in [0, 0.05) is 30.9 Å². The highest BCUT2D eigenvalue weighted by molar-refractivity contribution is 6.42. The van der Waals surface area contributed by atoms with Gasteiger partial charge in [0.2, 0.25) is 0 Å². The van der Waals surface area contributed by atoms with Crippen LogP contribution in [0.5, 0.6) is 11.5 Å². The van der Waals surface area contributed by atoms with E-state index in [4.69, 9.17) is 32.7 Å². The van der Waals surface area contributed by atoms with Crippen molar-refractivity contribution in [1.29, 1.82) is 0 Å². The molecular formula is C19H20Cl2N2O2. The van der Waals surface area contributed by atoms with Gasteiger partial charge in [-0.2, -0.15) is 0 Å². The Bertz CT molecular complexity index is 787. The fourth-order valence-corrected chi connectivity index (χ4v) is 3.21. The molecule has 0 spiro atoms. The van der Waals surface area contributed by atoms with E-state index in [1.54, 1.807) is 32.6 Å². The Balaban J connectivity index is 1.94. The van der Waals surface area contributed by atoms with Gasteiger partial charge in [-0.25, -0.2) is 0 Å². The number of aliphatic imine (C=N–C) groups is 1. The highest BCUT2D eigenvalue weighted by atomic mass is 35.5. The van der Waals surface area contributed by atoms with Crippen molar-refractivity contribution in [3.8, 4) is 11.5 Å². The molecule has 0 bridgehead atoms. The third-order valence-electron chi connectivity index (χ3n) is 4.23. The minimum atomic E-state index is 0.477. The third-order valence-corrected chi connectivity index (χ3v) is 4.97. The predicted octanol–water partition coefficient (Wildman–Crippen LogP) is 5.36. The van der Waals surface area contributed by atoms with Gasteiger partial charge in [-0.05, 0) is 37.1 Å². The van der Waals surface area contributed by atoms with Crippen LogP contribution < -0.4 is 14.4 Å². The van der Waals surface area contributed by atoms with Gasteiger partial charge in [-0.3, -0.25) is 4.99 Å². The number of benzene rings is 2. The molecule has 0 aromatic heterocycles. The first-order chi connectivity index (χ1) is 12.1. The van der Waals surface area contributed by atoms with Crippen LogP contribution in [-0.2, 0) is 0 Å². The maximum atomic E-state index is 6.04. The lowest BCUT2D eigenvalue weighted by molar-refractivity contribution is 0.402. The molecule has 3 rings (SSSR count). The van der Waals surface area contributed by atoms with Gasteiger partial charge in [-0.15, -0.1) is 0 Å². The summed E-state index contributed by atoms with van der Waals surface area (Å²) in [5.41, 5.74) is 2.62. The van der Waals surface area contributed by atoms with Crippen LogP contribution >= 0.6 is 23.2 Å². The van der Waals surface area contributed by atoms with E-state index >= 15 is 0 Å². The molecule has 0 unspecified atom stereocenters. The topological polar surface area (TPSA) is 34.1 Å². The quantitative estimate of drug-likeness (QED) is 0.656. The second-order valence-electron chi connectivity index (χ2n) is 5.82. The Kier molecular flexibility index (Phi) is 5.71. The van der Waals surface area contributed by atoms with E-state index in [0.717, 1.165) is 41.5 Å². The Labute approximate surface area is 158 Å². The van der Waals surface area contributed by atoms with Crippen LogP contribution in [0, 0.1) is 0 Å². The second-order valence-corrected chi connectivity index (χ2v) is 6.63. The molecule has 25 heavy (non-hydrogen) atoms. The fraction of sp³-hybridized carbons (Fsp3) is 0.316. The Morgan fingerprint density at radius 3 is 2.32 bits per heavy atom. The SMILES string of the molecule is COc1cc(N2CCCC2)c(OC)cc1C=Nc1ccc(Cl)c(Cl)c1. The molecule has 2 aromatic carbocycles. The summed E-state index contributed by atoms with van der Waals surface area (Å²) >= 11 is 12.0. The van der Waals surface area contributed by atoms with Crippen molar-refractivity contribution < 1.29 is 9.47 Å². The van der Waals surface area contributed by atoms with Gasteiger partial charge in [0.05, 0.1) is 35.6 Å². The van der Waals surface area contributed by atoms with Gasteiger partial charge in [0.1, 0.15) is 11.5 Å². The molecular weight excluding hydrogens is 359 g/mol. The maximum Gasteiger partial charge on any atom is 0.143 e. The van der Waals surface area contributed by atoms with E-state index in [2.05, 4.69) is 9.89 Å². The summed E-state index contributed by atoms with van der Waals surface area (Å²) in [5.74, 6) is 1.57. The van der Waals surface area contributed by atoms with Crippen molar-refractivity contribution >= 4 is 40.8 Å². The van der Waals surface area contributed by atoms with Crippen molar-refractivity contribution in [3.05, 3.63) is 45.9 Å². The largest absolute Gasteiger partial charge is 0.496 e. The van der Waals surface area contributed by atoms with Crippen LogP contribution in [0.15, 0.2) is 35.3 Å². The average Bonchev–Trinajstić information content (AvgIpc) is 3.16. The highest BCUT2D eigenvalue weighted by Gasteiger charge is 2.19. The van der Waals surface area contributed by atoms with Crippen LogP contribution in [0.25, 0.3) is 0 Å². The standard InChI is InChI=1S/C19H20Cl2N2O2/c1-24-18-11-17(23-7-3-4-8-23)19(25-2)9-13(18)12-22-14-5-6-15(20)16(21)10-14/h5-6,9-12H,3-4,7-8H2,1-2H3. The van der Waals surface area contributed by atoms with E-state index in [0.29, 0.717) is 10.0 Å². The first kappa shape index (κ1) is 17.9. The molecule has 6 heteroatoms. The molecule has 0 amide bonds. The molecule has 2 aromatic rings. The smallest absolute Gasteiger partial charge is 0.143 e. The van der Waals surface area contributed by atoms with Crippen molar-refractivity contribution in [3.63, 3.8) is 0 Å². The van der Waals surface area contributed by atoms with Crippen molar-refractivity contribution in [2.45, 2.75) is 12.8 Å². The molecule has 1 fully saturated rings. The van der Waals surface area contributed by atoms with Crippen molar-refractivity contribution in [2.75, 3.05) is 32.2 Å². The molecule has 1 heterocycles. The molecule has 1 saturated heterocycles. The number of hydrogen-bond acceptors (Lipinski definition) is 4. The molecule has 0 saturated carbocycles. The lowest BCUT2D eigenvalue weighted by Crippen LogP contribution is -2.18. The van der Waals surface area contributed by atoms with Crippen molar-refractivity contribution in [1.82, 2.24) is 0 Å².